The van der Waals surface area contributed by atoms with Gasteiger partial charge in [-0.2, -0.15) is 0 Å². The van der Waals surface area contributed by atoms with Crippen LogP contribution in [0.25, 0.3) is 0 Å². The second kappa shape index (κ2) is 36.6. The van der Waals surface area contributed by atoms with Gasteiger partial charge in [-0.05, 0) is 44.9 Å². The molecule has 3 unspecified atom stereocenters. The van der Waals surface area contributed by atoms with E-state index in [0.29, 0.717) is 17.4 Å². The Kier molecular flexibility index (Phi) is 35.9. The quantitative estimate of drug-likeness (QED) is 0.0278. The van der Waals surface area contributed by atoms with Crippen molar-refractivity contribution < 1.29 is 32.9 Å². The Labute approximate surface area is 328 Å². The van der Waals surface area contributed by atoms with Crippen LogP contribution in [0.4, 0.5) is 0 Å². The van der Waals surface area contributed by atoms with E-state index in [4.69, 9.17) is 9.05 Å². The number of amides is 1. The van der Waals surface area contributed by atoms with Crippen LogP contribution in [0.5, 0.6) is 0 Å². The van der Waals surface area contributed by atoms with E-state index >= 15 is 0 Å². The van der Waals surface area contributed by atoms with Gasteiger partial charge in [-0.25, -0.2) is 0 Å². The fraction of sp³-hybridized carbons (Fsp3) is 0.886. The highest BCUT2D eigenvalue weighted by Gasteiger charge is 2.23. The third-order valence-corrected chi connectivity index (χ3v) is 10.9. The van der Waals surface area contributed by atoms with E-state index in [2.05, 4.69) is 31.3 Å². The van der Waals surface area contributed by atoms with Crippen molar-refractivity contribution >= 4 is 13.7 Å². The SMILES string of the molecule is CCCCCC/C=C/C(O)C(COP(=O)([O-])OCC[N+](C)(C)C)NC(=O)CCCCCCCCCCCCCCC/C=C\CCCCCCCCCC. The fourth-order valence-electron chi connectivity index (χ4n) is 6.32. The summed E-state index contributed by atoms with van der Waals surface area (Å²) in [5.74, 6) is -0.203. The summed E-state index contributed by atoms with van der Waals surface area (Å²) in [6.07, 6.45) is 42.7. The third kappa shape index (κ3) is 39.0. The largest absolute Gasteiger partial charge is 0.756 e. The molecule has 0 fully saturated rings. The number of aliphatic hydroxyl groups is 1. The standard InChI is InChI=1S/C44H87N2O6P/c1-6-8-10-12-14-15-16-17-18-19-20-21-22-23-24-25-26-27-28-29-30-31-32-34-36-38-44(48)45-42(43(47)37-35-33-13-11-9-7-2)41-52-53(49,50)51-40-39-46(3,4)5/h19-20,35,37,42-43,47H,6-18,21-34,36,38-41H2,1-5H3,(H-,45,48,49,50)/b20-19-,37-35+. The molecule has 53 heavy (non-hydrogen) atoms. The van der Waals surface area contributed by atoms with Crippen molar-refractivity contribution in [3.8, 4) is 0 Å². The maximum Gasteiger partial charge on any atom is 0.268 e. The normalized spacial score (nSPS) is 14.6. The first-order valence-electron chi connectivity index (χ1n) is 22.2. The van der Waals surface area contributed by atoms with Crippen molar-refractivity contribution in [1.82, 2.24) is 5.32 Å². The van der Waals surface area contributed by atoms with Gasteiger partial charge in [-0.3, -0.25) is 9.36 Å². The lowest BCUT2D eigenvalue weighted by Crippen LogP contribution is -2.45. The highest BCUT2D eigenvalue weighted by atomic mass is 31.2. The van der Waals surface area contributed by atoms with Gasteiger partial charge in [0.05, 0.1) is 39.9 Å². The van der Waals surface area contributed by atoms with E-state index in [1.165, 1.54) is 135 Å². The predicted octanol–water partition coefficient (Wildman–Crippen LogP) is 11.5. The third-order valence-electron chi connectivity index (χ3n) is 9.91. The first kappa shape index (κ1) is 52.0. The number of likely N-dealkylation sites (N-methyl/N-ethyl adjacent to an activating group) is 1. The van der Waals surface area contributed by atoms with Crippen LogP contribution < -0.4 is 10.2 Å². The average Bonchev–Trinajstić information content (AvgIpc) is 3.10. The maximum absolute atomic E-state index is 12.8. The van der Waals surface area contributed by atoms with Gasteiger partial charge in [-0.15, -0.1) is 0 Å². The first-order valence-corrected chi connectivity index (χ1v) is 23.7. The lowest BCUT2D eigenvalue weighted by atomic mass is 10.0. The molecule has 0 saturated heterocycles. The second-order valence-electron chi connectivity index (χ2n) is 16.4. The van der Waals surface area contributed by atoms with Crippen molar-refractivity contribution in [3.05, 3.63) is 24.3 Å². The minimum absolute atomic E-state index is 0.000568. The van der Waals surface area contributed by atoms with Crippen molar-refractivity contribution in [2.45, 2.75) is 212 Å². The molecular weight excluding hydrogens is 683 g/mol. The summed E-state index contributed by atoms with van der Waals surface area (Å²) in [5.41, 5.74) is 0. The summed E-state index contributed by atoms with van der Waals surface area (Å²) in [6.45, 7) is 4.56. The number of phosphoric ester groups is 1. The highest BCUT2D eigenvalue weighted by Crippen LogP contribution is 2.38. The molecule has 0 heterocycles. The minimum atomic E-state index is -4.57. The molecule has 0 spiro atoms. The van der Waals surface area contributed by atoms with E-state index in [0.717, 1.165) is 44.9 Å². The molecule has 0 aliphatic carbocycles. The second-order valence-corrected chi connectivity index (χ2v) is 17.8. The summed E-state index contributed by atoms with van der Waals surface area (Å²) < 4.78 is 23.0. The van der Waals surface area contributed by atoms with Crippen molar-refractivity contribution in [2.24, 2.45) is 0 Å². The molecule has 0 bridgehead atoms. The molecule has 0 aromatic carbocycles. The van der Waals surface area contributed by atoms with Gasteiger partial charge in [0.15, 0.2) is 0 Å². The first-order chi connectivity index (χ1) is 25.5. The molecule has 0 aromatic heterocycles. The molecule has 0 aromatic rings. The Morgan fingerprint density at radius 2 is 1.04 bits per heavy atom. The fourth-order valence-corrected chi connectivity index (χ4v) is 7.05. The maximum atomic E-state index is 12.8. The van der Waals surface area contributed by atoms with Crippen LogP contribution in [-0.4, -0.2) is 68.5 Å². The zero-order valence-electron chi connectivity index (χ0n) is 35.5. The number of hydrogen-bond donors (Lipinski definition) is 2. The Morgan fingerprint density at radius 1 is 0.642 bits per heavy atom. The summed E-state index contributed by atoms with van der Waals surface area (Å²) >= 11 is 0. The molecule has 8 nitrogen and oxygen atoms in total. The van der Waals surface area contributed by atoms with Crippen LogP contribution in [0, 0.1) is 0 Å². The Balaban J connectivity index is 4.02. The molecule has 0 saturated carbocycles. The van der Waals surface area contributed by atoms with Crippen LogP contribution in [-0.2, 0) is 18.4 Å². The Bertz CT molecular complexity index is 922. The van der Waals surface area contributed by atoms with E-state index in [1.54, 1.807) is 6.08 Å². The number of carbonyl (C=O) groups excluding carboxylic acids is 1. The number of aliphatic hydroxyl groups excluding tert-OH is 1. The van der Waals surface area contributed by atoms with E-state index < -0.39 is 20.0 Å². The van der Waals surface area contributed by atoms with Crippen LogP contribution in [0.1, 0.15) is 200 Å². The van der Waals surface area contributed by atoms with Gasteiger partial charge in [0.2, 0.25) is 5.91 Å². The molecule has 0 rings (SSSR count). The molecule has 0 aliphatic rings. The van der Waals surface area contributed by atoms with Crippen molar-refractivity contribution in [1.29, 1.82) is 0 Å². The van der Waals surface area contributed by atoms with Crippen LogP contribution in [0.3, 0.4) is 0 Å². The van der Waals surface area contributed by atoms with E-state index in [9.17, 15) is 19.4 Å². The minimum Gasteiger partial charge on any atom is -0.756 e. The smallest absolute Gasteiger partial charge is 0.268 e. The van der Waals surface area contributed by atoms with Crippen LogP contribution in [0.15, 0.2) is 24.3 Å². The zero-order valence-corrected chi connectivity index (χ0v) is 36.4. The van der Waals surface area contributed by atoms with Crippen molar-refractivity contribution in [2.75, 3.05) is 40.9 Å². The lowest BCUT2D eigenvalue weighted by molar-refractivity contribution is -0.870. The lowest BCUT2D eigenvalue weighted by Gasteiger charge is -2.29. The molecule has 3 atom stereocenters. The summed E-state index contributed by atoms with van der Waals surface area (Å²) in [7, 11) is 1.26. The number of rotatable bonds is 40. The summed E-state index contributed by atoms with van der Waals surface area (Å²) in [4.78, 5) is 25.1. The molecule has 314 valence electrons. The molecule has 0 aliphatic heterocycles. The number of phosphoric acid groups is 1. The van der Waals surface area contributed by atoms with Crippen molar-refractivity contribution in [3.63, 3.8) is 0 Å². The topological polar surface area (TPSA) is 108 Å². The molecular formula is C44H87N2O6P. The summed E-state index contributed by atoms with van der Waals surface area (Å²) in [6, 6.07) is -0.880. The Hall–Kier alpha value is -1.02. The number of unbranched alkanes of at least 4 members (excludes halogenated alkanes) is 25. The van der Waals surface area contributed by atoms with Gasteiger partial charge in [0.25, 0.3) is 7.82 Å². The van der Waals surface area contributed by atoms with Gasteiger partial charge in [0.1, 0.15) is 13.2 Å². The number of nitrogens with zero attached hydrogens (tertiary/aromatic N) is 1. The predicted molar refractivity (Wildman–Crippen MR) is 224 cm³/mol. The van der Waals surface area contributed by atoms with Gasteiger partial charge >= 0.3 is 0 Å². The molecule has 9 heteroatoms. The zero-order chi connectivity index (χ0) is 39.3. The number of carbonyl (C=O) groups is 1. The van der Waals surface area contributed by atoms with Gasteiger partial charge < -0.3 is 28.8 Å². The number of quaternary nitrogens is 1. The molecule has 0 radical (unpaired) electrons. The monoisotopic (exact) mass is 771 g/mol. The number of nitrogens with one attached hydrogen (secondary N) is 1. The number of hydrogen-bond acceptors (Lipinski definition) is 6. The number of allylic oxidation sites excluding steroid dienone is 3. The Morgan fingerprint density at radius 3 is 1.49 bits per heavy atom. The molecule has 2 N–H and O–H groups in total. The highest BCUT2D eigenvalue weighted by molar-refractivity contribution is 7.45. The van der Waals surface area contributed by atoms with Crippen LogP contribution >= 0.6 is 7.82 Å². The van der Waals surface area contributed by atoms with Gasteiger partial charge in [-0.1, -0.05) is 173 Å². The van der Waals surface area contributed by atoms with E-state index in [1.807, 2.05) is 27.2 Å². The molecule has 1 amide bonds. The average molecular weight is 771 g/mol. The van der Waals surface area contributed by atoms with Crippen LogP contribution in [0.2, 0.25) is 0 Å². The summed E-state index contributed by atoms with van der Waals surface area (Å²) in [5, 5.41) is 13.6. The van der Waals surface area contributed by atoms with Gasteiger partial charge in [0, 0.05) is 6.42 Å². The van der Waals surface area contributed by atoms with E-state index in [-0.39, 0.29) is 19.1 Å².